The molecule has 6 heteroatoms. The minimum absolute atomic E-state index is 0.398. The van der Waals surface area contributed by atoms with Crippen molar-refractivity contribution in [2.75, 3.05) is 7.11 Å². The van der Waals surface area contributed by atoms with E-state index in [1.54, 1.807) is 13.3 Å². The smallest absolute Gasteiger partial charge is 0.262 e. The molecule has 0 unspecified atom stereocenters. The fraction of sp³-hybridized carbons (Fsp3) is 0.0714. The van der Waals surface area contributed by atoms with Crippen LogP contribution in [0.25, 0.3) is 23.0 Å². The van der Waals surface area contributed by atoms with E-state index in [1.165, 1.54) is 0 Å². The van der Waals surface area contributed by atoms with E-state index >= 15 is 0 Å². The summed E-state index contributed by atoms with van der Waals surface area (Å²) < 4.78 is 11.5. The fourth-order valence-corrected chi connectivity index (χ4v) is 2.11. The predicted octanol–water partition coefficient (Wildman–Crippen LogP) is 3.57. The number of benzene rings is 1. The lowest BCUT2D eigenvalue weighted by Gasteiger charge is -2.04. The normalized spacial score (nSPS) is 10.5. The molecule has 0 saturated heterocycles. The number of ether oxygens (including phenoxy) is 1. The van der Waals surface area contributed by atoms with Crippen molar-refractivity contribution in [1.29, 1.82) is 0 Å². The second kappa shape index (κ2) is 5.42. The van der Waals surface area contributed by atoms with Crippen LogP contribution in [0, 0.1) is 0 Å². The van der Waals surface area contributed by atoms with Gasteiger partial charge in [0.2, 0.25) is 5.82 Å². The van der Waals surface area contributed by atoms with Gasteiger partial charge < -0.3 is 9.26 Å². The van der Waals surface area contributed by atoms with Crippen molar-refractivity contribution in [2.24, 2.45) is 0 Å². The average Bonchev–Trinajstić information content (AvgIpc) is 2.97. The molecule has 0 aliphatic carbocycles. The van der Waals surface area contributed by atoms with E-state index in [9.17, 15) is 0 Å². The van der Waals surface area contributed by atoms with Crippen LogP contribution in [0.2, 0.25) is 0 Å². The lowest BCUT2D eigenvalue weighted by Crippen LogP contribution is -1.88. The van der Waals surface area contributed by atoms with Gasteiger partial charge >= 0.3 is 0 Å². The van der Waals surface area contributed by atoms with Gasteiger partial charge in [0.15, 0.2) is 0 Å². The number of halogens is 1. The highest BCUT2D eigenvalue weighted by atomic mass is 79.9. The van der Waals surface area contributed by atoms with Crippen LogP contribution in [-0.4, -0.2) is 22.2 Å². The first-order valence-corrected chi connectivity index (χ1v) is 6.66. The fourth-order valence-electron chi connectivity index (χ4n) is 1.77. The molecule has 0 aliphatic heterocycles. The zero-order valence-corrected chi connectivity index (χ0v) is 12.2. The van der Waals surface area contributed by atoms with E-state index in [2.05, 4.69) is 31.1 Å². The third kappa shape index (κ3) is 2.42. The third-order valence-corrected chi connectivity index (χ3v) is 3.21. The Kier molecular flexibility index (Phi) is 3.47. The highest BCUT2D eigenvalue weighted by molar-refractivity contribution is 9.10. The van der Waals surface area contributed by atoms with Crippen molar-refractivity contribution < 1.29 is 9.26 Å². The van der Waals surface area contributed by atoms with Gasteiger partial charge in [0.05, 0.1) is 12.7 Å². The van der Waals surface area contributed by atoms with E-state index in [-0.39, 0.29) is 0 Å². The number of pyridine rings is 1. The average molecular weight is 332 g/mol. The van der Waals surface area contributed by atoms with Crippen LogP contribution < -0.4 is 4.74 Å². The van der Waals surface area contributed by atoms with Gasteiger partial charge in [0, 0.05) is 10.7 Å². The lowest BCUT2D eigenvalue weighted by atomic mass is 10.2. The first kappa shape index (κ1) is 12.8. The van der Waals surface area contributed by atoms with Crippen LogP contribution >= 0.6 is 15.9 Å². The molecule has 3 aromatic rings. The molecular weight excluding hydrogens is 322 g/mol. The maximum Gasteiger partial charge on any atom is 0.262 e. The molecule has 0 N–H and O–H groups in total. The molecule has 0 fully saturated rings. The minimum atomic E-state index is 0.398. The Labute approximate surface area is 123 Å². The molecule has 5 nitrogen and oxygen atoms in total. The third-order valence-electron chi connectivity index (χ3n) is 2.71. The molecule has 0 radical (unpaired) electrons. The van der Waals surface area contributed by atoms with Crippen molar-refractivity contribution >= 4 is 15.9 Å². The van der Waals surface area contributed by atoms with Crippen molar-refractivity contribution in [3.8, 4) is 28.7 Å². The Morgan fingerprint density at radius 3 is 2.85 bits per heavy atom. The quantitative estimate of drug-likeness (QED) is 0.734. The molecule has 3 rings (SSSR count). The number of aromatic nitrogens is 3. The largest absolute Gasteiger partial charge is 0.496 e. The number of rotatable bonds is 3. The number of nitrogens with zero attached hydrogens (tertiary/aromatic N) is 3. The van der Waals surface area contributed by atoms with Crippen LogP contribution in [0.5, 0.6) is 5.75 Å². The van der Waals surface area contributed by atoms with Gasteiger partial charge in [0.25, 0.3) is 5.89 Å². The highest BCUT2D eigenvalue weighted by Gasteiger charge is 2.15. The summed E-state index contributed by atoms with van der Waals surface area (Å²) in [6, 6.07) is 11.1. The standard InChI is InChI=1S/C14H10BrN3O2/c1-19-12-8-9(15)5-6-10(12)14-17-13(18-20-14)11-4-2-3-7-16-11/h2-8H,1H3. The zero-order valence-electron chi connectivity index (χ0n) is 10.6. The lowest BCUT2D eigenvalue weighted by molar-refractivity contribution is 0.405. The maximum absolute atomic E-state index is 5.32. The van der Waals surface area contributed by atoms with Crippen LogP contribution in [0.15, 0.2) is 51.6 Å². The van der Waals surface area contributed by atoms with Gasteiger partial charge in [-0.15, -0.1) is 0 Å². The molecule has 0 atom stereocenters. The molecule has 2 heterocycles. The van der Waals surface area contributed by atoms with Gasteiger partial charge in [-0.1, -0.05) is 27.2 Å². The molecule has 0 amide bonds. The van der Waals surface area contributed by atoms with E-state index < -0.39 is 0 Å². The SMILES string of the molecule is COc1cc(Br)ccc1-c1nc(-c2ccccn2)no1. The van der Waals surface area contributed by atoms with Gasteiger partial charge in [0.1, 0.15) is 11.4 Å². The monoisotopic (exact) mass is 331 g/mol. The van der Waals surface area contributed by atoms with Gasteiger partial charge in [-0.25, -0.2) is 0 Å². The Hall–Kier alpha value is -2.21. The van der Waals surface area contributed by atoms with E-state index in [1.807, 2.05) is 36.4 Å². The molecule has 0 spiro atoms. The molecule has 100 valence electrons. The minimum Gasteiger partial charge on any atom is -0.496 e. The van der Waals surface area contributed by atoms with Crippen LogP contribution in [0.3, 0.4) is 0 Å². The summed E-state index contributed by atoms with van der Waals surface area (Å²) in [5.74, 6) is 1.51. The van der Waals surface area contributed by atoms with Gasteiger partial charge in [-0.2, -0.15) is 4.98 Å². The summed E-state index contributed by atoms with van der Waals surface area (Å²) in [4.78, 5) is 8.54. The maximum atomic E-state index is 5.32. The molecular formula is C14H10BrN3O2. The predicted molar refractivity (Wildman–Crippen MR) is 77.2 cm³/mol. The second-order valence-corrected chi connectivity index (χ2v) is 4.90. The van der Waals surface area contributed by atoms with Crippen LogP contribution in [0.1, 0.15) is 0 Å². The highest BCUT2D eigenvalue weighted by Crippen LogP contribution is 2.32. The zero-order chi connectivity index (χ0) is 13.9. The summed E-state index contributed by atoms with van der Waals surface area (Å²) >= 11 is 3.39. The van der Waals surface area contributed by atoms with Crippen LogP contribution in [0.4, 0.5) is 0 Å². The molecule has 1 aromatic carbocycles. The number of hydrogen-bond acceptors (Lipinski definition) is 5. The van der Waals surface area contributed by atoms with Crippen molar-refractivity contribution in [3.63, 3.8) is 0 Å². The van der Waals surface area contributed by atoms with Crippen molar-refractivity contribution in [3.05, 3.63) is 47.1 Å². The van der Waals surface area contributed by atoms with Crippen LogP contribution in [-0.2, 0) is 0 Å². The van der Waals surface area contributed by atoms with Crippen molar-refractivity contribution in [1.82, 2.24) is 15.1 Å². The summed E-state index contributed by atoms with van der Waals surface area (Å²) in [5.41, 5.74) is 1.41. The summed E-state index contributed by atoms with van der Waals surface area (Å²) in [5, 5.41) is 3.94. The first-order chi connectivity index (χ1) is 9.78. The topological polar surface area (TPSA) is 61.0 Å². The van der Waals surface area contributed by atoms with Crippen molar-refractivity contribution in [2.45, 2.75) is 0 Å². The van der Waals surface area contributed by atoms with Gasteiger partial charge in [-0.3, -0.25) is 4.98 Å². The summed E-state index contributed by atoms with van der Waals surface area (Å²) in [6.45, 7) is 0. The summed E-state index contributed by atoms with van der Waals surface area (Å²) in [7, 11) is 1.60. The molecule has 0 bridgehead atoms. The Morgan fingerprint density at radius 1 is 1.20 bits per heavy atom. The molecule has 0 saturated carbocycles. The van der Waals surface area contributed by atoms with Gasteiger partial charge in [-0.05, 0) is 30.3 Å². The molecule has 0 aliphatic rings. The number of methoxy groups -OCH3 is 1. The summed E-state index contributed by atoms with van der Waals surface area (Å²) in [6.07, 6.45) is 1.69. The molecule has 20 heavy (non-hydrogen) atoms. The number of hydrogen-bond donors (Lipinski definition) is 0. The Bertz CT molecular complexity index is 728. The Morgan fingerprint density at radius 2 is 2.10 bits per heavy atom. The van der Waals surface area contributed by atoms with E-state index in [4.69, 9.17) is 9.26 Å². The second-order valence-electron chi connectivity index (χ2n) is 3.98. The van der Waals surface area contributed by atoms with E-state index in [0.717, 1.165) is 10.0 Å². The first-order valence-electron chi connectivity index (χ1n) is 5.87. The Balaban J connectivity index is 2.02. The molecule has 2 aromatic heterocycles. The van der Waals surface area contributed by atoms with E-state index in [0.29, 0.717) is 23.2 Å².